The van der Waals surface area contributed by atoms with E-state index in [-0.39, 0.29) is 11.2 Å². The fourth-order valence-corrected chi connectivity index (χ4v) is 4.35. The molecule has 0 atom stereocenters. The van der Waals surface area contributed by atoms with Gasteiger partial charge in [0.15, 0.2) is 0 Å². The molecule has 33 heavy (non-hydrogen) atoms. The number of nitrogens with one attached hydrogen (secondary N) is 1. The van der Waals surface area contributed by atoms with E-state index < -0.39 is 5.41 Å². The summed E-state index contributed by atoms with van der Waals surface area (Å²) in [5.41, 5.74) is 11.9. The zero-order chi connectivity index (χ0) is 23.6. The molecule has 0 fully saturated rings. The lowest BCUT2D eigenvalue weighted by Crippen LogP contribution is -2.23. The van der Waals surface area contributed by atoms with Crippen molar-refractivity contribution in [2.75, 3.05) is 11.1 Å². The normalized spacial score (nSPS) is 11.9. The molecule has 0 heterocycles. The van der Waals surface area contributed by atoms with Gasteiger partial charge in [0, 0.05) is 16.4 Å². The molecule has 168 valence electrons. The average Bonchev–Trinajstić information content (AvgIpc) is 2.82. The molecular formula is C30H32N2O. The third kappa shape index (κ3) is 4.31. The predicted octanol–water partition coefficient (Wildman–Crippen LogP) is 7.37. The predicted molar refractivity (Wildman–Crippen MR) is 139 cm³/mol. The van der Waals surface area contributed by atoms with Crippen molar-refractivity contribution in [2.45, 2.75) is 38.5 Å². The third-order valence-corrected chi connectivity index (χ3v) is 6.73. The number of nitrogens with two attached hydrogens (primary N) is 1. The zero-order valence-electron chi connectivity index (χ0n) is 19.8. The van der Waals surface area contributed by atoms with Crippen LogP contribution in [0.15, 0.2) is 97.1 Å². The van der Waals surface area contributed by atoms with Crippen molar-refractivity contribution in [3.8, 4) is 5.75 Å². The summed E-state index contributed by atoms with van der Waals surface area (Å²) in [6.45, 7) is 8.73. The largest absolute Gasteiger partial charge is 0.505 e. The molecule has 3 heteroatoms. The minimum absolute atomic E-state index is 0.236. The van der Waals surface area contributed by atoms with E-state index in [1.807, 2.05) is 54.6 Å². The number of benzene rings is 4. The van der Waals surface area contributed by atoms with Crippen LogP contribution in [0.25, 0.3) is 0 Å². The maximum absolute atomic E-state index is 11.5. The second kappa shape index (κ2) is 8.67. The van der Waals surface area contributed by atoms with Crippen LogP contribution in [0.4, 0.5) is 17.1 Å². The van der Waals surface area contributed by atoms with Gasteiger partial charge in [-0.15, -0.1) is 0 Å². The van der Waals surface area contributed by atoms with Crippen LogP contribution in [0, 0.1) is 0 Å². The molecule has 0 aliphatic heterocycles. The van der Waals surface area contributed by atoms with Gasteiger partial charge in [-0.2, -0.15) is 0 Å². The molecule has 0 amide bonds. The molecule has 4 aromatic rings. The Kier molecular flexibility index (Phi) is 5.90. The molecule has 0 aliphatic rings. The second-order valence-corrected chi connectivity index (χ2v) is 9.61. The van der Waals surface area contributed by atoms with Crippen molar-refractivity contribution in [1.82, 2.24) is 0 Å². The topological polar surface area (TPSA) is 58.3 Å². The van der Waals surface area contributed by atoms with E-state index in [0.717, 1.165) is 22.4 Å². The molecule has 4 aromatic carbocycles. The number of rotatable bonds is 6. The number of phenols is 1. The Morgan fingerprint density at radius 1 is 0.606 bits per heavy atom. The Morgan fingerprint density at radius 2 is 1.12 bits per heavy atom. The van der Waals surface area contributed by atoms with Crippen LogP contribution in [0.1, 0.15) is 49.9 Å². The minimum Gasteiger partial charge on any atom is -0.505 e. The molecule has 0 aliphatic carbocycles. The van der Waals surface area contributed by atoms with Gasteiger partial charge >= 0.3 is 0 Å². The van der Waals surface area contributed by atoms with Gasteiger partial charge in [0.25, 0.3) is 0 Å². The molecule has 4 N–H and O–H groups in total. The number of hydrogen-bond donors (Lipinski definition) is 3. The quantitative estimate of drug-likeness (QED) is 0.218. The molecule has 0 spiro atoms. The monoisotopic (exact) mass is 436 g/mol. The second-order valence-electron chi connectivity index (χ2n) is 9.61. The highest BCUT2D eigenvalue weighted by Crippen LogP contribution is 2.45. The molecule has 0 radical (unpaired) electrons. The fourth-order valence-electron chi connectivity index (χ4n) is 4.35. The zero-order valence-corrected chi connectivity index (χ0v) is 19.8. The van der Waals surface area contributed by atoms with Crippen LogP contribution >= 0.6 is 0 Å². The van der Waals surface area contributed by atoms with Crippen LogP contribution in [0.2, 0.25) is 0 Å². The number of para-hydroxylation sites is 2. The van der Waals surface area contributed by atoms with E-state index in [1.165, 1.54) is 5.56 Å². The molecule has 0 saturated carbocycles. The van der Waals surface area contributed by atoms with Crippen molar-refractivity contribution < 1.29 is 5.11 Å². The van der Waals surface area contributed by atoms with E-state index in [1.54, 1.807) is 0 Å². The lowest BCUT2D eigenvalue weighted by atomic mass is 9.72. The highest BCUT2D eigenvalue weighted by Gasteiger charge is 2.32. The van der Waals surface area contributed by atoms with Gasteiger partial charge in [-0.1, -0.05) is 107 Å². The Balaban J connectivity index is 1.92. The van der Waals surface area contributed by atoms with E-state index in [0.29, 0.717) is 11.4 Å². The fraction of sp³-hybridized carbons (Fsp3) is 0.200. The van der Waals surface area contributed by atoms with Gasteiger partial charge < -0.3 is 16.2 Å². The molecule has 0 bridgehead atoms. The van der Waals surface area contributed by atoms with Crippen LogP contribution in [-0.4, -0.2) is 5.11 Å². The van der Waals surface area contributed by atoms with Gasteiger partial charge in [0.1, 0.15) is 5.75 Å². The summed E-state index contributed by atoms with van der Waals surface area (Å²) in [6.07, 6.45) is 0. The summed E-state index contributed by atoms with van der Waals surface area (Å²) in [5.74, 6) is 0.236. The minimum atomic E-state index is -0.410. The number of aromatic hydroxyl groups is 1. The first-order valence-electron chi connectivity index (χ1n) is 11.3. The average molecular weight is 437 g/mol. The molecule has 0 saturated heterocycles. The van der Waals surface area contributed by atoms with Crippen molar-refractivity contribution in [1.29, 1.82) is 0 Å². The summed E-state index contributed by atoms with van der Waals surface area (Å²) in [4.78, 5) is 0. The molecule has 4 rings (SSSR count). The van der Waals surface area contributed by atoms with Crippen molar-refractivity contribution in [3.05, 3.63) is 119 Å². The summed E-state index contributed by atoms with van der Waals surface area (Å²) < 4.78 is 0. The van der Waals surface area contributed by atoms with Crippen LogP contribution in [-0.2, 0) is 10.8 Å². The van der Waals surface area contributed by atoms with Gasteiger partial charge in [0.2, 0.25) is 0 Å². The molecule has 0 aromatic heterocycles. The van der Waals surface area contributed by atoms with Crippen LogP contribution in [0.3, 0.4) is 0 Å². The van der Waals surface area contributed by atoms with E-state index in [2.05, 4.69) is 75.5 Å². The highest BCUT2D eigenvalue weighted by molar-refractivity contribution is 5.77. The van der Waals surface area contributed by atoms with Crippen LogP contribution in [0.5, 0.6) is 5.75 Å². The Morgan fingerprint density at radius 3 is 1.70 bits per heavy atom. The maximum atomic E-state index is 11.5. The van der Waals surface area contributed by atoms with Gasteiger partial charge in [-0.3, -0.25) is 0 Å². The molecule has 0 unspecified atom stereocenters. The molecular weight excluding hydrogens is 404 g/mol. The standard InChI is InChI=1S/C30H32N2O/c1-29(2,21-13-7-5-8-14-21)23-19-24(30(3,4)22-15-9-6-10-16-22)28(33)27(20-23)32-26-18-12-11-17-25(26)31/h5-20,32-33H,31H2,1-4H3. The first kappa shape index (κ1) is 22.5. The Labute approximate surface area is 196 Å². The summed E-state index contributed by atoms with van der Waals surface area (Å²) >= 11 is 0. The Bertz CT molecular complexity index is 1250. The first-order valence-corrected chi connectivity index (χ1v) is 11.3. The first-order chi connectivity index (χ1) is 15.7. The molecule has 3 nitrogen and oxygen atoms in total. The van der Waals surface area contributed by atoms with Gasteiger partial charge in [0.05, 0.1) is 17.1 Å². The highest BCUT2D eigenvalue weighted by atomic mass is 16.3. The van der Waals surface area contributed by atoms with Crippen molar-refractivity contribution in [3.63, 3.8) is 0 Å². The van der Waals surface area contributed by atoms with Crippen molar-refractivity contribution >= 4 is 17.1 Å². The van der Waals surface area contributed by atoms with E-state index >= 15 is 0 Å². The smallest absolute Gasteiger partial charge is 0.143 e. The SMILES string of the molecule is CC(C)(c1ccccc1)c1cc(Nc2ccccc2N)c(O)c(C(C)(C)c2ccccc2)c1. The van der Waals surface area contributed by atoms with Crippen LogP contribution < -0.4 is 11.1 Å². The summed E-state index contributed by atoms with van der Waals surface area (Å²) in [7, 11) is 0. The van der Waals surface area contributed by atoms with Gasteiger partial charge in [-0.05, 0) is 34.9 Å². The Hall–Kier alpha value is -3.72. The number of phenolic OH excluding ortho intramolecular Hbond substituents is 1. The maximum Gasteiger partial charge on any atom is 0.143 e. The number of anilines is 3. The van der Waals surface area contributed by atoms with E-state index in [9.17, 15) is 5.11 Å². The lowest BCUT2D eigenvalue weighted by molar-refractivity contribution is 0.454. The number of nitrogen functional groups attached to an aromatic ring is 1. The summed E-state index contributed by atoms with van der Waals surface area (Å²) in [5, 5.41) is 14.9. The third-order valence-electron chi connectivity index (χ3n) is 6.73. The number of hydrogen-bond acceptors (Lipinski definition) is 3. The van der Waals surface area contributed by atoms with E-state index in [4.69, 9.17) is 5.73 Å². The lowest BCUT2D eigenvalue weighted by Gasteiger charge is -2.32. The van der Waals surface area contributed by atoms with Crippen molar-refractivity contribution in [2.24, 2.45) is 0 Å². The summed E-state index contributed by atoms with van der Waals surface area (Å²) in [6, 6.07) is 32.6. The van der Waals surface area contributed by atoms with Gasteiger partial charge in [-0.25, -0.2) is 0 Å².